The van der Waals surface area contributed by atoms with Gasteiger partial charge in [0.25, 0.3) is 0 Å². The third-order valence-electron chi connectivity index (χ3n) is 3.46. The van der Waals surface area contributed by atoms with Gasteiger partial charge in [-0.05, 0) is 45.5 Å². The summed E-state index contributed by atoms with van der Waals surface area (Å²) in [6, 6.07) is 3.07. The van der Waals surface area contributed by atoms with Gasteiger partial charge in [-0.1, -0.05) is 0 Å². The van der Waals surface area contributed by atoms with Gasteiger partial charge in [0.2, 0.25) is 0 Å². The van der Waals surface area contributed by atoms with Crippen LogP contribution in [0.25, 0.3) is 0 Å². The number of carboxylic acids is 1. The van der Waals surface area contributed by atoms with Crippen LogP contribution in [-0.4, -0.2) is 52.4 Å². The molecule has 0 radical (unpaired) electrons. The molecule has 1 fully saturated rings. The van der Waals surface area contributed by atoms with E-state index in [0.29, 0.717) is 11.7 Å². The number of aromatic nitrogens is 2. The maximum Gasteiger partial charge on any atom is 0.325 e. The summed E-state index contributed by atoms with van der Waals surface area (Å²) >= 11 is 0. The van der Waals surface area contributed by atoms with Gasteiger partial charge in [0.15, 0.2) is 0 Å². The molecule has 0 amide bonds. The number of carbonyl (C=O) groups is 1. The van der Waals surface area contributed by atoms with Crippen LogP contribution < -0.4 is 5.32 Å². The lowest BCUT2D eigenvalue weighted by atomic mass is 9.95. The van der Waals surface area contributed by atoms with Crippen molar-refractivity contribution in [1.29, 1.82) is 0 Å². The Morgan fingerprint density at radius 2 is 2.32 bits per heavy atom. The predicted octanol–water partition coefficient (Wildman–Crippen LogP) is 1.17. The number of nitrogens with one attached hydrogen (secondary N) is 1. The number of rotatable bonds is 4. The molecule has 0 aromatic carbocycles. The summed E-state index contributed by atoms with van der Waals surface area (Å²) in [5.74, 6) is 0.0276. The minimum absolute atomic E-state index is 0.428. The smallest absolute Gasteiger partial charge is 0.325 e. The number of aliphatic carboxylic acids is 1. The molecule has 0 spiro atoms. The standard InChI is InChI=1S/C13H20N4O2/c1-9(13(18)19)14-12-6-5-11(15-16-12)10-4-3-7-17(2)8-10/h5-6,9-10H,3-4,7-8H2,1-2H3,(H,14,16)(H,18,19). The summed E-state index contributed by atoms with van der Waals surface area (Å²) in [6.45, 7) is 3.72. The second-order valence-corrected chi connectivity index (χ2v) is 5.15. The fourth-order valence-corrected chi connectivity index (χ4v) is 2.33. The second kappa shape index (κ2) is 5.97. The molecule has 104 valence electrons. The summed E-state index contributed by atoms with van der Waals surface area (Å²) in [4.78, 5) is 13.0. The van der Waals surface area contributed by atoms with Crippen molar-refractivity contribution >= 4 is 11.8 Å². The number of anilines is 1. The van der Waals surface area contributed by atoms with E-state index in [-0.39, 0.29) is 0 Å². The van der Waals surface area contributed by atoms with Gasteiger partial charge in [0.1, 0.15) is 11.9 Å². The largest absolute Gasteiger partial charge is 0.480 e. The Morgan fingerprint density at radius 3 is 2.89 bits per heavy atom. The van der Waals surface area contributed by atoms with Crippen LogP contribution >= 0.6 is 0 Å². The molecule has 1 aliphatic rings. The van der Waals surface area contributed by atoms with E-state index in [2.05, 4.69) is 27.5 Å². The highest BCUT2D eigenvalue weighted by atomic mass is 16.4. The van der Waals surface area contributed by atoms with Crippen molar-refractivity contribution in [3.63, 3.8) is 0 Å². The third-order valence-corrected chi connectivity index (χ3v) is 3.46. The molecule has 1 aromatic rings. The molecular formula is C13H20N4O2. The van der Waals surface area contributed by atoms with E-state index in [0.717, 1.165) is 25.2 Å². The monoisotopic (exact) mass is 264 g/mol. The summed E-state index contributed by atoms with van der Waals surface area (Å²) in [5, 5.41) is 19.9. The number of piperidine rings is 1. The topological polar surface area (TPSA) is 78.3 Å². The molecule has 1 aliphatic heterocycles. The molecular weight excluding hydrogens is 244 g/mol. The molecule has 2 N–H and O–H groups in total. The van der Waals surface area contributed by atoms with Crippen LogP contribution in [0.1, 0.15) is 31.4 Å². The van der Waals surface area contributed by atoms with Crippen molar-refractivity contribution in [1.82, 2.24) is 15.1 Å². The number of likely N-dealkylation sites (tertiary alicyclic amines) is 1. The van der Waals surface area contributed by atoms with E-state index in [9.17, 15) is 4.79 Å². The Bertz CT molecular complexity index is 435. The second-order valence-electron chi connectivity index (χ2n) is 5.15. The molecule has 0 saturated carbocycles. The van der Waals surface area contributed by atoms with Gasteiger partial charge in [-0.15, -0.1) is 5.10 Å². The van der Waals surface area contributed by atoms with Crippen LogP contribution in [-0.2, 0) is 4.79 Å². The molecule has 1 aromatic heterocycles. The fraction of sp³-hybridized carbons (Fsp3) is 0.615. The van der Waals surface area contributed by atoms with E-state index < -0.39 is 12.0 Å². The van der Waals surface area contributed by atoms with E-state index in [4.69, 9.17) is 5.11 Å². The first-order valence-corrected chi connectivity index (χ1v) is 6.58. The van der Waals surface area contributed by atoms with E-state index in [1.807, 2.05) is 6.07 Å². The molecule has 0 aliphatic carbocycles. The third kappa shape index (κ3) is 3.64. The van der Waals surface area contributed by atoms with Gasteiger partial charge >= 0.3 is 5.97 Å². The Kier molecular flexibility index (Phi) is 4.31. The normalized spacial score (nSPS) is 21.9. The van der Waals surface area contributed by atoms with Gasteiger partial charge in [-0.2, -0.15) is 5.10 Å². The van der Waals surface area contributed by atoms with Crippen molar-refractivity contribution in [2.24, 2.45) is 0 Å². The zero-order valence-corrected chi connectivity index (χ0v) is 11.3. The lowest BCUT2D eigenvalue weighted by Crippen LogP contribution is -2.31. The highest BCUT2D eigenvalue weighted by Gasteiger charge is 2.20. The number of nitrogens with zero attached hydrogens (tertiary/aromatic N) is 3. The summed E-state index contributed by atoms with van der Waals surface area (Å²) in [7, 11) is 2.12. The molecule has 2 atom stereocenters. The molecule has 6 nitrogen and oxygen atoms in total. The molecule has 6 heteroatoms. The molecule has 2 heterocycles. The van der Waals surface area contributed by atoms with Crippen molar-refractivity contribution in [3.05, 3.63) is 17.8 Å². The number of hydrogen-bond donors (Lipinski definition) is 2. The van der Waals surface area contributed by atoms with Gasteiger partial charge in [0, 0.05) is 12.5 Å². The van der Waals surface area contributed by atoms with E-state index in [1.54, 1.807) is 13.0 Å². The number of likely N-dealkylation sites (N-methyl/N-ethyl adjacent to an activating group) is 1. The lowest BCUT2D eigenvalue weighted by molar-refractivity contribution is -0.137. The van der Waals surface area contributed by atoms with Crippen molar-refractivity contribution in [3.8, 4) is 0 Å². The van der Waals surface area contributed by atoms with Crippen molar-refractivity contribution < 1.29 is 9.90 Å². The minimum atomic E-state index is -0.903. The van der Waals surface area contributed by atoms with Gasteiger partial charge < -0.3 is 15.3 Å². The Hall–Kier alpha value is -1.69. The first kappa shape index (κ1) is 13.7. The van der Waals surface area contributed by atoms with Gasteiger partial charge in [-0.3, -0.25) is 4.79 Å². The number of carboxylic acid groups (broad SMARTS) is 1. The Labute approximate surface area is 112 Å². The lowest BCUT2D eigenvalue weighted by Gasteiger charge is -2.28. The SMILES string of the molecule is CC(Nc1ccc(C2CCCN(C)C2)nn1)C(=O)O. The van der Waals surface area contributed by atoms with E-state index in [1.165, 1.54) is 6.42 Å². The van der Waals surface area contributed by atoms with Crippen molar-refractivity contribution in [2.45, 2.75) is 31.7 Å². The average Bonchev–Trinajstić information content (AvgIpc) is 2.39. The zero-order chi connectivity index (χ0) is 13.8. The quantitative estimate of drug-likeness (QED) is 0.850. The first-order chi connectivity index (χ1) is 9.06. The molecule has 2 rings (SSSR count). The molecule has 2 unspecified atom stereocenters. The zero-order valence-electron chi connectivity index (χ0n) is 11.3. The Balaban J connectivity index is 1.99. The summed E-state index contributed by atoms with van der Waals surface area (Å²) in [5.41, 5.74) is 0.986. The van der Waals surface area contributed by atoms with Crippen LogP contribution in [0.2, 0.25) is 0 Å². The Morgan fingerprint density at radius 1 is 1.53 bits per heavy atom. The van der Waals surface area contributed by atoms with Crippen LogP contribution in [0, 0.1) is 0 Å². The maximum atomic E-state index is 10.7. The van der Waals surface area contributed by atoms with Crippen LogP contribution in [0.3, 0.4) is 0 Å². The molecule has 19 heavy (non-hydrogen) atoms. The average molecular weight is 264 g/mol. The van der Waals surface area contributed by atoms with Crippen LogP contribution in [0.4, 0.5) is 5.82 Å². The predicted molar refractivity (Wildman–Crippen MR) is 72.2 cm³/mol. The van der Waals surface area contributed by atoms with Crippen molar-refractivity contribution in [2.75, 3.05) is 25.5 Å². The maximum absolute atomic E-state index is 10.7. The molecule has 1 saturated heterocycles. The minimum Gasteiger partial charge on any atom is -0.480 e. The van der Waals surface area contributed by atoms with Gasteiger partial charge in [-0.25, -0.2) is 0 Å². The first-order valence-electron chi connectivity index (χ1n) is 6.58. The highest BCUT2D eigenvalue weighted by molar-refractivity contribution is 5.76. The van der Waals surface area contributed by atoms with Crippen LogP contribution in [0.15, 0.2) is 12.1 Å². The molecule has 0 bridgehead atoms. The fourth-order valence-electron chi connectivity index (χ4n) is 2.33. The summed E-state index contributed by atoms with van der Waals surface area (Å²) < 4.78 is 0. The van der Waals surface area contributed by atoms with E-state index >= 15 is 0 Å². The van der Waals surface area contributed by atoms with Gasteiger partial charge in [0.05, 0.1) is 5.69 Å². The van der Waals surface area contributed by atoms with Crippen LogP contribution in [0.5, 0.6) is 0 Å². The number of hydrogen-bond acceptors (Lipinski definition) is 5. The summed E-state index contributed by atoms with van der Waals surface area (Å²) in [6.07, 6.45) is 2.32. The highest BCUT2D eigenvalue weighted by Crippen LogP contribution is 2.24.